The summed E-state index contributed by atoms with van der Waals surface area (Å²) in [5.41, 5.74) is 9.01. The Morgan fingerprint density at radius 2 is 1.96 bits per heavy atom. The van der Waals surface area contributed by atoms with Crippen molar-refractivity contribution in [3.8, 4) is 28.1 Å². The van der Waals surface area contributed by atoms with Crippen LogP contribution in [0.4, 0.5) is 15.9 Å². The molecule has 45 heavy (non-hydrogen) atoms. The number of hydrogen-bond donors (Lipinski definition) is 2. The molecule has 230 valence electrons. The number of ether oxygens (including phenoxy) is 1. The zero-order valence-corrected chi connectivity index (χ0v) is 26.3. The van der Waals surface area contributed by atoms with Gasteiger partial charge in [-0.25, -0.2) is 27.5 Å². The minimum Gasteiger partial charge on any atom is -0.495 e. The highest BCUT2D eigenvalue weighted by Crippen LogP contribution is 2.48. The van der Waals surface area contributed by atoms with E-state index in [1.54, 1.807) is 40.4 Å². The van der Waals surface area contributed by atoms with Crippen molar-refractivity contribution in [2.45, 2.75) is 18.9 Å². The van der Waals surface area contributed by atoms with Crippen LogP contribution in [0, 0.1) is 11.7 Å². The van der Waals surface area contributed by atoms with Crippen LogP contribution in [0.3, 0.4) is 0 Å². The van der Waals surface area contributed by atoms with Gasteiger partial charge in [0.25, 0.3) is 5.56 Å². The predicted octanol–water partition coefficient (Wildman–Crippen LogP) is 5.59. The highest BCUT2D eigenvalue weighted by molar-refractivity contribution is 7.92. The number of nitrogens with two attached hydrogens (primary N) is 1. The minimum atomic E-state index is -3.63. The second-order valence-electron chi connectivity index (χ2n) is 10.8. The topological polar surface area (TPSA) is 146 Å². The van der Waals surface area contributed by atoms with E-state index in [9.17, 15) is 17.6 Å². The van der Waals surface area contributed by atoms with E-state index in [0.717, 1.165) is 19.1 Å². The Bertz CT molecular complexity index is 2320. The summed E-state index contributed by atoms with van der Waals surface area (Å²) in [6, 6.07) is 12.3. The first kappa shape index (κ1) is 29.2. The van der Waals surface area contributed by atoms with Crippen molar-refractivity contribution >= 4 is 60.3 Å². The summed E-state index contributed by atoms with van der Waals surface area (Å²) in [5, 5.41) is 7.44. The van der Waals surface area contributed by atoms with Crippen molar-refractivity contribution in [3.63, 3.8) is 0 Å². The third-order valence-electron chi connectivity index (χ3n) is 7.75. The largest absolute Gasteiger partial charge is 0.495 e. The molecule has 0 radical (unpaired) electrons. The number of thiazole rings is 1. The first-order valence-corrected chi connectivity index (χ1v) is 16.9. The maximum atomic E-state index is 14.5. The molecule has 15 heteroatoms. The van der Waals surface area contributed by atoms with Crippen LogP contribution < -0.4 is 20.8 Å². The molecule has 1 aliphatic carbocycles. The van der Waals surface area contributed by atoms with Gasteiger partial charge in [0.05, 0.1) is 36.0 Å². The number of nitrogen functional groups attached to an aromatic ring is 1. The molecule has 11 nitrogen and oxygen atoms in total. The second kappa shape index (κ2) is 10.8. The molecule has 4 aromatic heterocycles. The van der Waals surface area contributed by atoms with Gasteiger partial charge in [0, 0.05) is 10.9 Å². The lowest BCUT2D eigenvalue weighted by molar-refractivity contribution is 0.417. The quantitative estimate of drug-likeness (QED) is 0.214. The molecular formula is C30H25ClFN7O4S2. The normalized spacial score (nSPS) is 14.2. The summed E-state index contributed by atoms with van der Waals surface area (Å²) in [4.78, 5) is 23.5. The maximum absolute atomic E-state index is 14.5. The van der Waals surface area contributed by atoms with E-state index in [0.29, 0.717) is 49.6 Å². The van der Waals surface area contributed by atoms with E-state index in [1.165, 1.54) is 41.3 Å². The number of aromatic nitrogens is 5. The number of nitrogens with zero attached hydrogens (tertiary/aromatic N) is 5. The second-order valence-corrected chi connectivity index (χ2v) is 13.9. The smallest absolute Gasteiger partial charge is 0.265 e. The van der Waals surface area contributed by atoms with Gasteiger partial charge in [-0.2, -0.15) is 5.10 Å². The molecule has 7 rings (SSSR count). The van der Waals surface area contributed by atoms with Crippen LogP contribution in [0.5, 0.6) is 5.75 Å². The van der Waals surface area contributed by atoms with E-state index in [-0.39, 0.29) is 28.1 Å². The molecule has 1 saturated carbocycles. The lowest BCUT2D eigenvalue weighted by Crippen LogP contribution is -2.23. The number of sulfonamides is 1. The molecule has 0 bridgehead atoms. The van der Waals surface area contributed by atoms with Crippen LogP contribution >= 0.6 is 22.9 Å². The van der Waals surface area contributed by atoms with Gasteiger partial charge in [-0.05, 0) is 66.3 Å². The Morgan fingerprint density at radius 3 is 2.67 bits per heavy atom. The number of fused-ring (bicyclic) bond motifs is 2. The van der Waals surface area contributed by atoms with E-state index in [2.05, 4.69) is 14.7 Å². The van der Waals surface area contributed by atoms with E-state index < -0.39 is 21.9 Å². The van der Waals surface area contributed by atoms with Gasteiger partial charge in [-0.15, -0.1) is 11.3 Å². The van der Waals surface area contributed by atoms with Crippen molar-refractivity contribution in [1.29, 1.82) is 0 Å². The van der Waals surface area contributed by atoms with Crippen LogP contribution in [0.25, 0.3) is 38.2 Å². The SMILES string of the molecule is COc1ccc(-c2nn([C@H](c3cc4scc(Cl)n4c(=O)c3-c3cccc(F)c3)C3CC3)c3ncnc(N)c23)cc1NS(C)(=O)=O. The van der Waals surface area contributed by atoms with E-state index in [4.69, 9.17) is 27.2 Å². The number of methoxy groups -OCH3 is 1. The number of halogens is 2. The van der Waals surface area contributed by atoms with Crippen LogP contribution in [0.1, 0.15) is 24.4 Å². The average molecular weight is 666 g/mol. The number of rotatable bonds is 8. The van der Waals surface area contributed by atoms with Gasteiger partial charge in [0.2, 0.25) is 10.0 Å². The third-order valence-corrected chi connectivity index (χ3v) is 9.63. The fourth-order valence-electron chi connectivity index (χ4n) is 5.75. The predicted molar refractivity (Wildman–Crippen MR) is 173 cm³/mol. The molecule has 3 N–H and O–H groups in total. The number of benzene rings is 2. The first-order chi connectivity index (χ1) is 21.5. The van der Waals surface area contributed by atoms with Gasteiger partial charge in [0.1, 0.15) is 39.4 Å². The number of hydrogen-bond acceptors (Lipinski definition) is 9. The highest BCUT2D eigenvalue weighted by atomic mass is 35.5. The Hall–Kier alpha value is -4.53. The fourth-order valence-corrected chi connectivity index (χ4v) is 7.46. The molecule has 1 atom stereocenters. The van der Waals surface area contributed by atoms with Gasteiger partial charge >= 0.3 is 0 Å². The summed E-state index contributed by atoms with van der Waals surface area (Å²) >= 11 is 7.76. The average Bonchev–Trinajstić information content (AvgIpc) is 3.64. The standard InChI is InChI=1S/C30H25ClFN7O4S2/c1-43-21-9-8-17(11-20(21)37-45(2,41)42)26-25-28(33)34-14-35-29(25)39(36-26)27(15-6-7-15)19-12-23-38(22(31)13-44-23)30(40)24(19)16-4-3-5-18(32)10-16/h3-5,8-15,27,37H,6-7H2,1-2H3,(H2,33,34,35)/t27-/m0/s1. The molecule has 2 aromatic carbocycles. The summed E-state index contributed by atoms with van der Waals surface area (Å²) in [5.74, 6) is 0.0963. The minimum absolute atomic E-state index is 0.0834. The summed E-state index contributed by atoms with van der Waals surface area (Å²) in [6.07, 6.45) is 4.12. The monoisotopic (exact) mass is 665 g/mol. The van der Waals surface area contributed by atoms with Crippen molar-refractivity contribution < 1.29 is 17.5 Å². The molecule has 0 amide bonds. The molecule has 0 saturated heterocycles. The van der Waals surface area contributed by atoms with Crippen LogP contribution in [-0.4, -0.2) is 45.9 Å². The number of nitrogens with one attached hydrogen (secondary N) is 1. The molecule has 4 heterocycles. The third kappa shape index (κ3) is 5.18. The van der Waals surface area contributed by atoms with Gasteiger partial charge < -0.3 is 10.5 Å². The first-order valence-electron chi connectivity index (χ1n) is 13.8. The Morgan fingerprint density at radius 1 is 1.16 bits per heavy atom. The maximum Gasteiger partial charge on any atom is 0.265 e. The van der Waals surface area contributed by atoms with E-state index >= 15 is 0 Å². The molecule has 6 aromatic rings. The zero-order valence-electron chi connectivity index (χ0n) is 23.9. The lowest BCUT2D eigenvalue weighted by atomic mass is 9.93. The number of pyridine rings is 1. The highest BCUT2D eigenvalue weighted by Gasteiger charge is 2.39. The van der Waals surface area contributed by atoms with Crippen molar-refractivity contribution in [3.05, 3.63) is 87.1 Å². The number of anilines is 2. The van der Waals surface area contributed by atoms with Crippen molar-refractivity contribution in [2.24, 2.45) is 5.92 Å². The van der Waals surface area contributed by atoms with Gasteiger partial charge in [-0.1, -0.05) is 23.7 Å². The zero-order chi connectivity index (χ0) is 31.6. The van der Waals surface area contributed by atoms with Crippen molar-refractivity contribution in [2.75, 3.05) is 23.8 Å². The van der Waals surface area contributed by atoms with Gasteiger partial charge in [-0.3, -0.25) is 13.9 Å². The molecular weight excluding hydrogens is 641 g/mol. The Kier molecular flexibility index (Phi) is 7.02. The summed E-state index contributed by atoms with van der Waals surface area (Å²) in [6.45, 7) is 0. The fraction of sp³-hybridized carbons (Fsp3) is 0.200. The van der Waals surface area contributed by atoms with Crippen molar-refractivity contribution in [1.82, 2.24) is 24.1 Å². The molecule has 0 unspecified atom stereocenters. The van der Waals surface area contributed by atoms with Crippen LogP contribution in [0.2, 0.25) is 5.15 Å². The van der Waals surface area contributed by atoms with Gasteiger partial charge in [0.15, 0.2) is 5.65 Å². The molecule has 0 aliphatic heterocycles. The summed E-state index contributed by atoms with van der Waals surface area (Å²) in [7, 11) is -2.19. The Balaban J connectivity index is 1.51. The molecule has 0 spiro atoms. The van der Waals surface area contributed by atoms with E-state index in [1.807, 2.05) is 6.07 Å². The molecule has 1 aliphatic rings. The summed E-state index contributed by atoms with van der Waals surface area (Å²) < 4.78 is 49.8. The van der Waals surface area contributed by atoms with Crippen LogP contribution in [-0.2, 0) is 10.0 Å². The lowest BCUT2D eigenvalue weighted by Gasteiger charge is -2.22. The Labute approximate surface area is 265 Å². The van der Waals surface area contributed by atoms with Crippen LogP contribution in [0.15, 0.2) is 65.0 Å². The molecule has 1 fully saturated rings.